The Bertz CT molecular complexity index is 303. The van der Waals surface area contributed by atoms with E-state index in [4.69, 9.17) is 0 Å². The van der Waals surface area contributed by atoms with Crippen LogP contribution in [0.25, 0.3) is 0 Å². The molecule has 0 fully saturated rings. The quantitative estimate of drug-likeness (QED) is 0.602. The molecule has 15 heavy (non-hydrogen) atoms. The Balaban J connectivity index is 0.000000245. The van der Waals surface area contributed by atoms with Gasteiger partial charge >= 0.3 is 21.7 Å². The fraction of sp³-hybridized carbons (Fsp3) is 0.143. The smallest absolute Gasteiger partial charge is 0.0622 e. The number of rotatable bonds is 0. The van der Waals surface area contributed by atoms with Gasteiger partial charge in [-0.3, -0.25) is 0 Å². The van der Waals surface area contributed by atoms with E-state index in [-0.39, 0.29) is 21.7 Å². The van der Waals surface area contributed by atoms with Gasteiger partial charge in [0.2, 0.25) is 0 Å². The van der Waals surface area contributed by atoms with E-state index in [1.54, 1.807) is 0 Å². The summed E-state index contributed by atoms with van der Waals surface area (Å²) >= 11 is 0. The van der Waals surface area contributed by atoms with Gasteiger partial charge < -0.3 is 0 Å². The minimum Gasteiger partial charge on any atom is -0.0622 e. The van der Waals surface area contributed by atoms with Crippen LogP contribution in [-0.4, -0.2) is 0 Å². The molecule has 0 aliphatic carbocycles. The van der Waals surface area contributed by atoms with Crippen LogP contribution in [0.5, 0.6) is 0 Å². The van der Waals surface area contributed by atoms with Crippen molar-refractivity contribution in [1.82, 2.24) is 0 Å². The van der Waals surface area contributed by atoms with Crippen molar-refractivity contribution in [2.45, 2.75) is 13.8 Å². The molecule has 0 aliphatic rings. The normalized spacial score (nSPS) is 8.13. The van der Waals surface area contributed by atoms with Crippen molar-refractivity contribution in [2.24, 2.45) is 0 Å². The summed E-state index contributed by atoms with van der Waals surface area (Å²) in [5.41, 5.74) is 2.64. The third kappa shape index (κ3) is 7.13. The average molecular weight is 232 g/mol. The predicted octanol–water partition coefficient (Wildman–Crippen LogP) is 3.99. The molecule has 0 amide bonds. The topological polar surface area (TPSA) is 0 Å². The van der Waals surface area contributed by atoms with Crippen LogP contribution in [0.1, 0.15) is 11.1 Å². The summed E-state index contributed by atoms with van der Waals surface area (Å²) in [7, 11) is 0. The van der Waals surface area contributed by atoms with Gasteiger partial charge in [-0.25, -0.2) is 0 Å². The maximum absolute atomic E-state index is 2.08. The van der Waals surface area contributed by atoms with E-state index in [1.165, 1.54) is 11.1 Å². The van der Waals surface area contributed by atoms with Crippen molar-refractivity contribution in [1.29, 1.82) is 0 Å². The molecule has 0 atom stereocenters. The Morgan fingerprint density at radius 3 is 0.933 bits per heavy atom. The van der Waals surface area contributed by atoms with Crippen LogP contribution < -0.4 is 0 Å². The summed E-state index contributed by atoms with van der Waals surface area (Å²) in [6.45, 7) is 4.17. The van der Waals surface area contributed by atoms with E-state index in [0.717, 1.165) is 0 Å². The van der Waals surface area contributed by atoms with Gasteiger partial charge in [-0.15, -0.1) is 0 Å². The summed E-state index contributed by atoms with van der Waals surface area (Å²) in [5, 5.41) is 0. The Morgan fingerprint density at radius 1 is 0.533 bits per heavy atom. The third-order valence-electron chi connectivity index (χ3n) is 1.88. The summed E-state index contributed by atoms with van der Waals surface area (Å²) < 4.78 is 0. The average Bonchev–Trinajstić information content (AvgIpc) is 2.21. The molecule has 2 rings (SSSR count). The minimum atomic E-state index is 0. The molecule has 0 radical (unpaired) electrons. The van der Waals surface area contributed by atoms with E-state index in [2.05, 4.69) is 38.1 Å². The van der Waals surface area contributed by atoms with E-state index < -0.39 is 0 Å². The van der Waals surface area contributed by atoms with Gasteiger partial charge in [-0.1, -0.05) is 71.8 Å². The Labute approximate surface area is 107 Å². The number of benzene rings is 2. The van der Waals surface area contributed by atoms with Gasteiger partial charge in [0.25, 0.3) is 0 Å². The van der Waals surface area contributed by atoms with Crippen molar-refractivity contribution in [3.63, 3.8) is 0 Å². The molecule has 0 aromatic heterocycles. The number of hydrogen-bond acceptors (Lipinski definition) is 0. The maximum Gasteiger partial charge on any atom is 2.00 e. The van der Waals surface area contributed by atoms with E-state index in [0.29, 0.717) is 0 Å². The third-order valence-corrected chi connectivity index (χ3v) is 1.88. The second-order valence-corrected chi connectivity index (χ2v) is 3.31. The molecule has 0 saturated carbocycles. The van der Waals surface area contributed by atoms with Crippen molar-refractivity contribution < 1.29 is 21.7 Å². The van der Waals surface area contributed by atoms with Crippen LogP contribution in [0, 0.1) is 13.8 Å². The zero-order chi connectivity index (χ0) is 10.2. The van der Waals surface area contributed by atoms with Crippen molar-refractivity contribution in [3.05, 3.63) is 71.8 Å². The van der Waals surface area contributed by atoms with E-state index in [9.17, 15) is 0 Å². The first-order chi connectivity index (χ1) is 6.79. The molecule has 0 heterocycles. The zero-order valence-corrected chi connectivity index (χ0v) is 10.8. The zero-order valence-electron chi connectivity index (χ0n) is 9.27. The molecular formula is C14H16Ti+2. The molecule has 2 aromatic rings. The Kier molecular flexibility index (Phi) is 7.98. The molecule has 0 saturated heterocycles. The Hall–Kier alpha value is -0.846. The first-order valence-electron chi connectivity index (χ1n) is 4.82. The molecule has 1 heteroatoms. The van der Waals surface area contributed by atoms with Gasteiger partial charge in [0.05, 0.1) is 0 Å². The number of aryl methyl sites for hydroxylation is 2. The van der Waals surface area contributed by atoms with E-state index in [1.807, 2.05) is 36.4 Å². The summed E-state index contributed by atoms with van der Waals surface area (Å²) in [6, 6.07) is 20.5. The summed E-state index contributed by atoms with van der Waals surface area (Å²) in [4.78, 5) is 0. The molecule has 0 unspecified atom stereocenters. The molecule has 74 valence electrons. The van der Waals surface area contributed by atoms with Crippen LogP contribution in [0.15, 0.2) is 60.7 Å². The molecule has 2 aromatic carbocycles. The summed E-state index contributed by atoms with van der Waals surface area (Å²) in [5.74, 6) is 0. The van der Waals surface area contributed by atoms with Gasteiger partial charge in [0.1, 0.15) is 0 Å². The monoisotopic (exact) mass is 232 g/mol. The predicted molar refractivity (Wildman–Crippen MR) is 62.4 cm³/mol. The maximum atomic E-state index is 2.08. The second-order valence-electron chi connectivity index (χ2n) is 3.31. The van der Waals surface area contributed by atoms with Gasteiger partial charge in [0, 0.05) is 0 Å². The van der Waals surface area contributed by atoms with Gasteiger partial charge in [-0.05, 0) is 13.8 Å². The van der Waals surface area contributed by atoms with Crippen LogP contribution in [0.2, 0.25) is 0 Å². The minimum absolute atomic E-state index is 0. The molecular weight excluding hydrogens is 216 g/mol. The standard InChI is InChI=1S/2C7H8.Ti/c2*1-7-5-3-2-4-6-7;/h2*2-6H,1H3;/q;;+2. The number of hydrogen-bond donors (Lipinski definition) is 0. The van der Waals surface area contributed by atoms with E-state index >= 15 is 0 Å². The molecule has 0 N–H and O–H groups in total. The fourth-order valence-electron chi connectivity index (χ4n) is 1.07. The largest absolute Gasteiger partial charge is 2.00 e. The van der Waals surface area contributed by atoms with Crippen molar-refractivity contribution in [2.75, 3.05) is 0 Å². The molecule has 0 spiro atoms. The summed E-state index contributed by atoms with van der Waals surface area (Å²) in [6.07, 6.45) is 0. The SMILES string of the molecule is Cc1ccccc1.Cc1ccccc1.[Ti+2]. The molecule has 0 nitrogen and oxygen atoms in total. The molecule has 0 bridgehead atoms. The van der Waals surface area contributed by atoms with Crippen molar-refractivity contribution >= 4 is 0 Å². The second kappa shape index (κ2) is 8.46. The van der Waals surface area contributed by atoms with Crippen molar-refractivity contribution in [3.8, 4) is 0 Å². The van der Waals surface area contributed by atoms with Crippen LogP contribution in [-0.2, 0) is 21.7 Å². The van der Waals surface area contributed by atoms with Gasteiger partial charge in [-0.2, -0.15) is 0 Å². The van der Waals surface area contributed by atoms with Crippen LogP contribution in [0.3, 0.4) is 0 Å². The molecule has 0 aliphatic heterocycles. The first-order valence-corrected chi connectivity index (χ1v) is 4.82. The van der Waals surface area contributed by atoms with Crippen LogP contribution in [0.4, 0.5) is 0 Å². The van der Waals surface area contributed by atoms with Gasteiger partial charge in [0.15, 0.2) is 0 Å². The van der Waals surface area contributed by atoms with Crippen LogP contribution >= 0.6 is 0 Å². The first kappa shape index (κ1) is 14.2. The fourth-order valence-corrected chi connectivity index (χ4v) is 1.07. The Morgan fingerprint density at radius 2 is 0.800 bits per heavy atom.